The van der Waals surface area contributed by atoms with Gasteiger partial charge in [0, 0.05) is 32.5 Å². The van der Waals surface area contributed by atoms with Crippen molar-refractivity contribution in [1.29, 1.82) is 0 Å². The summed E-state index contributed by atoms with van der Waals surface area (Å²) in [4.78, 5) is 2.46. The zero-order valence-corrected chi connectivity index (χ0v) is 34.3. The fourth-order valence-electron chi connectivity index (χ4n) is 9.91. The molecule has 61 heavy (non-hydrogen) atoms. The van der Waals surface area contributed by atoms with Gasteiger partial charge in [0.1, 0.15) is 11.5 Å². The molecule has 2 aliphatic rings. The minimum atomic E-state index is -0.137. The molecule has 0 fully saturated rings. The minimum absolute atomic E-state index is 0.137. The van der Waals surface area contributed by atoms with Crippen molar-refractivity contribution >= 4 is 84.9 Å². The molecular weight excluding hydrogens is 784 g/mol. The van der Waals surface area contributed by atoms with Crippen LogP contribution in [0.4, 0.5) is 17.1 Å². The Morgan fingerprint density at radius 2 is 0.869 bits per heavy atom. The van der Waals surface area contributed by atoms with Gasteiger partial charge in [-0.2, -0.15) is 0 Å². The predicted octanol–water partition coefficient (Wildman–Crippen LogP) is 14.4. The van der Waals surface area contributed by atoms with Crippen molar-refractivity contribution in [2.24, 2.45) is 0 Å². The lowest BCUT2D eigenvalue weighted by molar-refractivity contribution is 0.488. The molecule has 0 atom stereocenters. The lowest BCUT2D eigenvalue weighted by Gasteiger charge is -2.42. The van der Waals surface area contributed by atoms with E-state index in [4.69, 9.17) is 27.9 Å². The van der Waals surface area contributed by atoms with Gasteiger partial charge in [-0.1, -0.05) is 193 Å². The zero-order valence-electron chi connectivity index (χ0n) is 32.8. The molecule has 0 aliphatic carbocycles. The second-order valence-electron chi connectivity index (χ2n) is 15.8. The van der Waals surface area contributed by atoms with E-state index in [1.165, 1.54) is 32.7 Å². The van der Waals surface area contributed by atoms with Gasteiger partial charge in [0.05, 0.1) is 5.69 Å². The van der Waals surface area contributed by atoms with Gasteiger partial charge in [-0.15, -0.1) is 0 Å². The minimum Gasteiger partial charge on any atom is -0.458 e. The predicted molar refractivity (Wildman–Crippen MR) is 259 cm³/mol. The fourth-order valence-corrected chi connectivity index (χ4v) is 10.2. The molecule has 12 rings (SSSR count). The summed E-state index contributed by atoms with van der Waals surface area (Å²) >= 11 is 13.8. The average Bonchev–Trinajstić information content (AvgIpc) is 3.31. The van der Waals surface area contributed by atoms with E-state index >= 15 is 0 Å². The van der Waals surface area contributed by atoms with Crippen molar-refractivity contribution in [2.75, 3.05) is 4.90 Å². The molecule has 0 unspecified atom stereocenters. The lowest BCUT2D eigenvalue weighted by atomic mass is 9.34. The smallest absolute Gasteiger partial charge is 0.256 e. The van der Waals surface area contributed by atoms with E-state index in [0.29, 0.717) is 10.0 Å². The van der Waals surface area contributed by atoms with Gasteiger partial charge < -0.3 is 9.64 Å². The molecule has 0 amide bonds. The summed E-state index contributed by atoms with van der Waals surface area (Å²) in [5.41, 5.74) is 15.5. The van der Waals surface area contributed by atoms with Crippen molar-refractivity contribution in [3.63, 3.8) is 0 Å². The zero-order chi connectivity index (χ0) is 40.6. The number of halogens is 2. The van der Waals surface area contributed by atoms with Gasteiger partial charge >= 0.3 is 0 Å². The topological polar surface area (TPSA) is 12.5 Å². The number of para-hydroxylation sites is 1. The summed E-state index contributed by atoms with van der Waals surface area (Å²) < 4.78 is 7.10. The molecule has 2 heterocycles. The average molecular weight is 819 g/mol. The molecule has 0 saturated carbocycles. The van der Waals surface area contributed by atoms with Crippen LogP contribution in [0.1, 0.15) is 0 Å². The SMILES string of the molecule is Clc1ccc2c(c1)Oc1cc(-c3c4ccccc4c(-c4ccccc4)c4ccccc34)cc3c1B2c1ccc(Cl)cc1N3c1c(-c2ccccc2)cccc1-c1ccccc1. The first kappa shape index (κ1) is 35.9. The Labute approximate surface area is 364 Å². The first-order valence-electron chi connectivity index (χ1n) is 20.6. The third kappa shape index (κ3) is 5.73. The Balaban J connectivity index is 1.23. The quantitative estimate of drug-likeness (QED) is 0.127. The molecule has 286 valence electrons. The van der Waals surface area contributed by atoms with Crippen LogP contribution in [0.15, 0.2) is 206 Å². The first-order valence-corrected chi connectivity index (χ1v) is 21.3. The molecule has 0 spiro atoms. The van der Waals surface area contributed by atoms with Gasteiger partial charge in [-0.3, -0.25) is 0 Å². The molecule has 0 aromatic heterocycles. The van der Waals surface area contributed by atoms with Gasteiger partial charge in [-0.25, -0.2) is 0 Å². The molecule has 2 aliphatic heterocycles. The molecule has 0 saturated heterocycles. The maximum absolute atomic E-state index is 7.10. The van der Waals surface area contributed by atoms with E-state index in [-0.39, 0.29) is 6.71 Å². The van der Waals surface area contributed by atoms with Crippen LogP contribution < -0.4 is 26.0 Å². The second-order valence-corrected chi connectivity index (χ2v) is 16.7. The summed E-state index contributed by atoms with van der Waals surface area (Å²) in [6, 6.07) is 73.4. The normalized spacial score (nSPS) is 12.5. The molecular formula is C56H34BCl2NO. The molecule has 10 aromatic rings. The van der Waals surface area contributed by atoms with Crippen LogP contribution in [0.2, 0.25) is 10.0 Å². The third-order valence-corrected chi connectivity index (χ3v) is 12.9. The van der Waals surface area contributed by atoms with E-state index in [9.17, 15) is 0 Å². The van der Waals surface area contributed by atoms with Crippen LogP contribution in [0.25, 0.3) is 66.1 Å². The van der Waals surface area contributed by atoms with E-state index in [1.54, 1.807) is 0 Å². The number of anilines is 3. The van der Waals surface area contributed by atoms with E-state index in [1.807, 2.05) is 18.2 Å². The standard InChI is InChI=1S/C56H34BCl2NO/c58-39-27-29-47-49(33-39)60(56-41(35-15-4-1-5-16-35)25-14-26-42(56)36-17-6-2-7-18-36)50-31-38(32-52-55(50)57(47)48-30-28-40(59)34-51(48)61-52)54-45-23-12-10-21-43(45)53(37-19-8-3-9-20-37)44-22-11-13-24-46(44)54/h1-34H. The van der Waals surface area contributed by atoms with Crippen molar-refractivity contribution in [3.8, 4) is 56.0 Å². The number of rotatable bonds is 5. The number of fused-ring (bicyclic) bond motifs is 6. The Kier molecular flexibility index (Phi) is 8.42. The molecule has 0 N–H and O–H groups in total. The highest BCUT2D eigenvalue weighted by Gasteiger charge is 2.43. The number of hydrogen-bond acceptors (Lipinski definition) is 2. The van der Waals surface area contributed by atoms with Crippen molar-refractivity contribution in [1.82, 2.24) is 0 Å². The van der Waals surface area contributed by atoms with Gasteiger partial charge in [0.25, 0.3) is 6.71 Å². The summed E-state index contributed by atoms with van der Waals surface area (Å²) in [5.74, 6) is 1.56. The largest absolute Gasteiger partial charge is 0.458 e. The van der Waals surface area contributed by atoms with Crippen molar-refractivity contribution in [3.05, 3.63) is 216 Å². The van der Waals surface area contributed by atoms with Crippen molar-refractivity contribution < 1.29 is 4.74 Å². The van der Waals surface area contributed by atoms with Crippen LogP contribution in [-0.4, -0.2) is 6.71 Å². The molecule has 2 nitrogen and oxygen atoms in total. The summed E-state index contributed by atoms with van der Waals surface area (Å²) in [5, 5.41) is 6.02. The maximum atomic E-state index is 7.10. The van der Waals surface area contributed by atoms with E-state index in [0.717, 1.165) is 78.3 Å². The van der Waals surface area contributed by atoms with E-state index in [2.05, 4.69) is 193 Å². The van der Waals surface area contributed by atoms with Crippen LogP contribution in [0, 0.1) is 0 Å². The highest BCUT2D eigenvalue weighted by atomic mass is 35.5. The number of hydrogen-bond donors (Lipinski definition) is 0. The van der Waals surface area contributed by atoms with Gasteiger partial charge in [0.2, 0.25) is 0 Å². The molecule has 0 bridgehead atoms. The Morgan fingerprint density at radius 3 is 1.44 bits per heavy atom. The highest BCUT2D eigenvalue weighted by molar-refractivity contribution is 6.99. The summed E-state index contributed by atoms with van der Waals surface area (Å²) in [6.07, 6.45) is 0. The highest BCUT2D eigenvalue weighted by Crippen LogP contribution is 2.51. The van der Waals surface area contributed by atoms with Crippen molar-refractivity contribution in [2.45, 2.75) is 0 Å². The van der Waals surface area contributed by atoms with Crippen LogP contribution in [0.5, 0.6) is 11.5 Å². The van der Waals surface area contributed by atoms with Crippen LogP contribution in [-0.2, 0) is 0 Å². The molecule has 5 heteroatoms. The monoisotopic (exact) mass is 817 g/mol. The fraction of sp³-hybridized carbons (Fsp3) is 0. The second kappa shape index (κ2) is 14.3. The summed E-state index contributed by atoms with van der Waals surface area (Å²) in [6.45, 7) is -0.137. The summed E-state index contributed by atoms with van der Waals surface area (Å²) in [7, 11) is 0. The first-order chi connectivity index (χ1) is 30.1. The third-order valence-electron chi connectivity index (χ3n) is 12.4. The number of benzene rings is 10. The van der Waals surface area contributed by atoms with Gasteiger partial charge in [0.15, 0.2) is 0 Å². The number of nitrogens with zero attached hydrogens (tertiary/aromatic N) is 1. The lowest BCUT2D eigenvalue weighted by Crippen LogP contribution is -2.59. The number of ether oxygens (including phenoxy) is 1. The maximum Gasteiger partial charge on any atom is 0.256 e. The van der Waals surface area contributed by atoms with Gasteiger partial charge in [-0.05, 0) is 108 Å². The molecule has 0 radical (unpaired) electrons. The Morgan fingerprint density at radius 1 is 0.377 bits per heavy atom. The Bertz CT molecular complexity index is 3260. The molecule has 10 aromatic carbocycles. The van der Waals surface area contributed by atoms with E-state index < -0.39 is 0 Å². The van der Waals surface area contributed by atoms with Crippen LogP contribution >= 0.6 is 23.2 Å². The Hall–Kier alpha value is -7.04. The van der Waals surface area contributed by atoms with Crippen LogP contribution in [0.3, 0.4) is 0 Å².